The molecule has 1 aliphatic rings. The molecule has 2 aromatic rings. The van der Waals surface area contributed by atoms with Crippen molar-refractivity contribution < 1.29 is 14.7 Å². The highest BCUT2D eigenvalue weighted by atomic mass is 16.4. The van der Waals surface area contributed by atoms with Gasteiger partial charge in [0.15, 0.2) is 0 Å². The largest absolute Gasteiger partial charge is 0.481 e. The first-order valence-electron chi connectivity index (χ1n) is 7.35. The predicted octanol–water partition coefficient (Wildman–Crippen LogP) is 1.30. The van der Waals surface area contributed by atoms with Crippen molar-refractivity contribution in [1.29, 1.82) is 0 Å². The summed E-state index contributed by atoms with van der Waals surface area (Å²) in [7, 11) is 1.81. The van der Waals surface area contributed by atoms with Crippen LogP contribution in [0, 0.1) is 5.92 Å². The number of carboxylic acid groups (broad SMARTS) is 1. The van der Waals surface area contributed by atoms with Gasteiger partial charge < -0.3 is 10.0 Å². The van der Waals surface area contributed by atoms with Crippen LogP contribution in [0.15, 0.2) is 18.2 Å². The molecule has 1 N–H and O–H groups in total. The van der Waals surface area contributed by atoms with Gasteiger partial charge in [0, 0.05) is 32.1 Å². The molecule has 1 saturated heterocycles. The summed E-state index contributed by atoms with van der Waals surface area (Å²) in [5.74, 6) is -0.622. The Morgan fingerprint density at radius 2 is 2.05 bits per heavy atom. The first-order valence-corrected chi connectivity index (χ1v) is 7.35. The molecule has 0 bridgehead atoms. The number of benzene rings is 1. The summed E-state index contributed by atoms with van der Waals surface area (Å²) >= 11 is 0. The molecule has 116 valence electrons. The normalized spacial score (nSPS) is 16.1. The summed E-state index contributed by atoms with van der Waals surface area (Å²) in [6, 6.07) is 5.39. The molecule has 0 atom stereocenters. The van der Waals surface area contributed by atoms with Gasteiger partial charge >= 0.3 is 5.97 Å². The molecule has 2 heterocycles. The van der Waals surface area contributed by atoms with Crippen molar-refractivity contribution in [2.75, 3.05) is 13.1 Å². The van der Waals surface area contributed by atoms with Crippen molar-refractivity contribution in [3.8, 4) is 0 Å². The maximum atomic E-state index is 12.5. The summed E-state index contributed by atoms with van der Waals surface area (Å²) in [4.78, 5) is 25.1. The zero-order valence-corrected chi connectivity index (χ0v) is 12.4. The van der Waals surface area contributed by atoms with Crippen molar-refractivity contribution in [3.05, 3.63) is 23.8 Å². The van der Waals surface area contributed by atoms with Crippen molar-refractivity contribution >= 4 is 22.9 Å². The second-order valence-electron chi connectivity index (χ2n) is 5.75. The number of carbonyl (C=O) groups is 2. The summed E-state index contributed by atoms with van der Waals surface area (Å²) in [5, 5.41) is 16.8. The van der Waals surface area contributed by atoms with E-state index in [1.54, 1.807) is 21.7 Å². The van der Waals surface area contributed by atoms with Crippen molar-refractivity contribution in [1.82, 2.24) is 19.9 Å². The van der Waals surface area contributed by atoms with Crippen LogP contribution in [0.1, 0.15) is 29.6 Å². The molecule has 22 heavy (non-hydrogen) atoms. The smallest absolute Gasteiger partial charge is 0.303 e. The number of hydrogen-bond donors (Lipinski definition) is 1. The maximum Gasteiger partial charge on any atom is 0.303 e. The van der Waals surface area contributed by atoms with Crippen LogP contribution in [0.5, 0.6) is 0 Å². The van der Waals surface area contributed by atoms with E-state index in [-0.39, 0.29) is 18.2 Å². The van der Waals surface area contributed by atoms with Gasteiger partial charge in [-0.1, -0.05) is 5.21 Å². The topological polar surface area (TPSA) is 88.3 Å². The molecule has 3 rings (SSSR count). The third kappa shape index (κ3) is 2.79. The van der Waals surface area contributed by atoms with Gasteiger partial charge in [0.2, 0.25) is 0 Å². The highest BCUT2D eigenvalue weighted by Gasteiger charge is 2.25. The third-order valence-corrected chi connectivity index (χ3v) is 4.22. The lowest BCUT2D eigenvalue weighted by atomic mass is 9.93. The molecule has 1 aromatic heterocycles. The number of carbonyl (C=O) groups excluding carboxylic acids is 1. The zero-order chi connectivity index (χ0) is 15.7. The van der Waals surface area contributed by atoms with Crippen LogP contribution < -0.4 is 0 Å². The summed E-state index contributed by atoms with van der Waals surface area (Å²) < 4.78 is 1.67. The Hall–Kier alpha value is -2.44. The molecule has 1 aliphatic heterocycles. The Labute approximate surface area is 127 Å². The monoisotopic (exact) mass is 302 g/mol. The minimum atomic E-state index is -0.766. The number of hydrogen-bond acceptors (Lipinski definition) is 4. The number of nitrogens with zero attached hydrogens (tertiary/aromatic N) is 4. The van der Waals surface area contributed by atoms with Gasteiger partial charge in [-0.15, -0.1) is 5.10 Å². The lowest BCUT2D eigenvalue weighted by Crippen LogP contribution is -2.38. The summed E-state index contributed by atoms with van der Waals surface area (Å²) in [6.45, 7) is 1.21. The molecule has 0 spiro atoms. The number of aliphatic carboxylic acids is 1. The van der Waals surface area contributed by atoms with E-state index < -0.39 is 5.97 Å². The van der Waals surface area contributed by atoms with Crippen LogP contribution in [0.25, 0.3) is 11.0 Å². The van der Waals surface area contributed by atoms with Gasteiger partial charge in [-0.05, 0) is 37.0 Å². The standard InChI is InChI=1S/C15H18N4O3/c1-18-13-3-2-11(9-12(13)16-17-18)15(22)19-6-4-10(5-7-19)8-14(20)21/h2-3,9-10H,4-8H2,1H3,(H,20,21). The van der Waals surface area contributed by atoms with Crippen molar-refractivity contribution in [2.45, 2.75) is 19.3 Å². The van der Waals surface area contributed by atoms with E-state index in [1.165, 1.54) is 0 Å². The number of piperidine rings is 1. The molecule has 1 amide bonds. The minimum Gasteiger partial charge on any atom is -0.481 e. The number of amides is 1. The van der Waals surface area contributed by atoms with Crippen LogP contribution in [-0.4, -0.2) is 50.0 Å². The lowest BCUT2D eigenvalue weighted by molar-refractivity contribution is -0.138. The molecule has 0 radical (unpaired) electrons. The van der Waals surface area contributed by atoms with E-state index in [1.807, 2.05) is 13.1 Å². The molecule has 7 nitrogen and oxygen atoms in total. The van der Waals surface area contributed by atoms with Crippen molar-refractivity contribution in [3.63, 3.8) is 0 Å². The predicted molar refractivity (Wildman–Crippen MR) is 79.4 cm³/mol. The molecule has 7 heteroatoms. The van der Waals surface area contributed by atoms with E-state index in [0.29, 0.717) is 24.2 Å². The van der Waals surface area contributed by atoms with Gasteiger partial charge in [0.25, 0.3) is 5.91 Å². The zero-order valence-electron chi connectivity index (χ0n) is 12.4. The summed E-state index contributed by atoms with van der Waals surface area (Å²) in [5.41, 5.74) is 2.19. The van der Waals surface area contributed by atoms with Crippen LogP contribution >= 0.6 is 0 Å². The second-order valence-corrected chi connectivity index (χ2v) is 5.75. The Bertz CT molecular complexity index is 717. The first-order chi connectivity index (χ1) is 10.5. The molecule has 0 saturated carbocycles. The number of aryl methyl sites for hydroxylation is 1. The van der Waals surface area contributed by atoms with Gasteiger partial charge in [0.05, 0.1) is 5.52 Å². The molecule has 0 aliphatic carbocycles. The van der Waals surface area contributed by atoms with Crippen LogP contribution in [0.4, 0.5) is 0 Å². The Balaban J connectivity index is 1.69. The molecule has 0 unspecified atom stereocenters. The number of aromatic nitrogens is 3. The molecule has 1 aromatic carbocycles. The number of rotatable bonds is 3. The van der Waals surface area contributed by atoms with E-state index in [0.717, 1.165) is 18.4 Å². The van der Waals surface area contributed by atoms with Gasteiger partial charge in [0.1, 0.15) is 5.52 Å². The number of likely N-dealkylation sites (tertiary alicyclic amines) is 1. The molecular weight excluding hydrogens is 284 g/mol. The van der Waals surface area contributed by atoms with E-state index in [4.69, 9.17) is 5.11 Å². The fourth-order valence-electron chi connectivity index (χ4n) is 2.94. The number of carboxylic acids is 1. The van der Waals surface area contributed by atoms with Gasteiger partial charge in [-0.2, -0.15) is 0 Å². The quantitative estimate of drug-likeness (QED) is 0.923. The van der Waals surface area contributed by atoms with E-state index >= 15 is 0 Å². The third-order valence-electron chi connectivity index (χ3n) is 4.22. The second kappa shape index (κ2) is 5.75. The van der Waals surface area contributed by atoms with Crippen LogP contribution in [-0.2, 0) is 11.8 Å². The highest BCUT2D eigenvalue weighted by molar-refractivity contribution is 5.97. The van der Waals surface area contributed by atoms with E-state index in [9.17, 15) is 9.59 Å². The highest BCUT2D eigenvalue weighted by Crippen LogP contribution is 2.22. The average Bonchev–Trinajstić information content (AvgIpc) is 2.88. The van der Waals surface area contributed by atoms with Gasteiger partial charge in [-0.25, -0.2) is 4.68 Å². The van der Waals surface area contributed by atoms with Crippen LogP contribution in [0.2, 0.25) is 0 Å². The minimum absolute atomic E-state index is 0.0265. The fourth-order valence-corrected chi connectivity index (χ4v) is 2.94. The first kappa shape index (κ1) is 14.5. The Kier molecular flexibility index (Phi) is 3.79. The maximum absolute atomic E-state index is 12.5. The van der Waals surface area contributed by atoms with Crippen LogP contribution in [0.3, 0.4) is 0 Å². The summed E-state index contributed by atoms with van der Waals surface area (Å²) in [6.07, 6.45) is 1.67. The van der Waals surface area contributed by atoms with Gasteiger partial charge in [-0.3, -0.25) is 9.59 Å². The Morgan fingerprint density at radius 3 is 2.73 bits per heavy atom. The molecule has 1 fully saturated rings. The number of fused-ring (bicyclic) bond motifs is 1. The lowest BCUT2D eigenvalue weighted by Gasteiger charge is -2.31. The van der Waals surface area contributed by atoms with Crippen molar-refractivity contribution in [2.24, 2.45) is 13.0 Å². The SMILES string of the molecule is Cn1nnc2cc(C(=O)N3CCC(CC(=O)O)CC3)ccc21. The molecular formula is C15H18N4O3. The van der Waals surface area contributed by atoms with E-state index in [2.05, 4.69) is 10.3 Å². The average molecular weight is 302 g/mol. The fraction of sp³-hybridized carbons (Fsp3) is 0.467. The Morgan fingerprint density at radius 1 is 1.32 bits per heavy atom.